The first-order chi connectivity index (χ1) is 12.2. The maximum atomic E-state index is 13.0. The second kappa shape index (κ2) is 8.61. The molecule has 0 saturated carbocycles. The number of nitrogens with two attached hydrogens (primary N) is 1. The van der Waals surface area contributed by atoms with Gasteiger partial charge in [-0.1, -0.05) is 29.8 Å². The quantitative estimate of drug-likeness (QED) is 0.801. The first-order valence-electron chi connectivity index (χ1n) is 8.94. The van der Waals surface area contributed by atoms with Crippen molar-refractivity contribution in [3.8, 4) is 11.1 Å². The number of rotatable bonds is 6. The summed E-state index contributed by atoms with van der Waals surface area (Å²) < 4.78 is 5.83. The fourth-order valence-electron chi connectivity index (χ4n) is 3.14. The third kappa shape index (κ3) is 4.48. The van der Waals surface area contributed by atoms with Crippen LogP contribution in [0.5, 0.6) is 0 Å². The van der Waals surface area contributed by atoms with Gasteiger partial charge in [0.25, 0.3) is 5.91 Å². The van der Waals surface area contributed by atoms with E-state index in [1.165, 1.54) is 16.9 Å². The van der Waals surface area contributed by atoms with Crippen molar-refractivity contribution in [1.82, 2.24) is 4.90 Å². The van der Waals surface area contributed by atoms with Crippen LogP contribution in [0.1, 0.15) is 34.5 Å². The number of likely N-dealkylation sites (tertiary alicyclic amines) is 1. The van der Waals surface area contributed by atoms with Crippen LogP contribution >= 0.6 is 11.3 Å². The molecular formula is C20H26N2O2S. The Bertz CT molecular complexity index is 688. The van der Waals surface area contributed by atoms with Gasteiger partial charge in [0.15, 0.2) is 0 Å². The van der Waals surface area contributed by atoms with Crippen molar-refractivity contribution in [3.63, 3.8) is 0 Å². The van der Waals surface area contributed by atoms with E-state index in [1.807, 2.05) is 16.3 Å². The second-order valence-electron chi connectivity index (χ2n) is 6.53. The van der Waals surface area contributed by atoms with Crippen LogP contribution in [0.3, 0.4) is 0 Å². The molecule has 1 amide bonds. The van der Waals surface area contributed by atoms with Gasteiger partial charge in [-0.05, 0) is 49.7 Å². The molecule has 0 unspecified atom stereocenters. The number of aryl methyl sites for hydroxylation is 1. The largest absolute Gasteiger partial charge is 0.378 e. The molecule has 5 heteroatoms. The molecule has 1 aliphatic rings. The van der Waals surface area contributed by atoms with Crippen LogP contribution in [0.15, 0.2) is 35.7 Å². The van der Waals surface area contributed by atoms with Crippen molar-refractivity contribution < 1.29 is 9.53 Å². The molecule has 1 aromatic heterocycles. The molecule has 1 fully saturated rings. The van der Waals surface area contributed by atoms with Crippen molar-refractivity contribution in [1.29, 1.82) is 0 Å². The topological polar surface area (TPSA) is 55.6 Å². The van der Waals surface area contributed by atoms with E-state index in [0.717, 1.165) is 55.0 Å². The number of benzene rings is 1. The first kappa shape index (κ1) is 18.1. The van der Waals surface area contributed by atoms with E-state index in [2.05, 4.69) is 31.2 Å². The van der Waals surface area contributed by atoms with Crippen LogP contribution < -0.4 is 5.73 Å². The van der Waals surface area contributed by atoms with E-state index in [-0.39, 0.29) is 12.0 Å². The van der Waals surface area contributed by atoms with Gasteiger partial charge in [0.05, 0.1) is 11.0 Å². The standard InChI is InChI=1S/C20H26N2O2S/c1-15-3-5-16(6-4-15)18-9-14-25-19(18)20(23)22-11-7-17(8-12-22)24-13-2-10-21/h3-6,9,14,17H,2,7-8,10-13,21H2,1H3. The highest BCUT2D eigenvalue weighted by molar-refractivity contribution is 7.12. The molecule has 0 radical (unpaired) electrons. The number of carbonyl (C=O) groups is 1. The van der Waals surface area contributed by atoms with Gasteiger partial charge >= 0.3 is 0 Å². The zero-order valence-corrected chi connectivity index (χ0v) is 15.6. The maximum Gasteiger partial charge on any atom is 0.264 e. The number of nitrogens with zero attached hydrogens (tertiary/aromatic N) is 1. The summed E-state index contributed by atoms with van der Waals surface area (Å²) >= 11 is 1.53. The Kier molecular flexibility index (Phi) is 6.24. The predicted molar refractivity (Wildman–Crippen MR) is 103 cm³/mol. The Balaban J connectivity index is 1.63. The van der Waals surface area contributed by atoms with E-state index in [9.17, 15) is 4.79 Å². The Morgan fingerprint density at radius 1 is 1.24 bits per heavy atom. The molecule has 134 valence electrons. The van der Waals surface area contributed by atoms with Gasteiger partial charge in [0.1, 0.15) is 0 Å². The third-order valence-corrected chi connectivity index (χ3v) is 5.56. The zero-order valence-electron chi connectivity index (χ0n) is 14.7. The van der Waals surface area contributed by atoms with Crippen molar-refractivity contribution in [2.45, 2.75) is 32.3 Å². The third-order valence-electron chi connectivity index (χ3n) is 4.65. The van der Waals surface area contributed by atoms with Crippen molar-refractivity contribution in [3.05, 3.63) is 46.2 Å². The zero-order chi connectivity index (χ0) is 17.6. The van der Waals surface area contributed by atoms with E-state index in [4.69, 9.17) is 10.5 Å². The normalized spacial score (nSPS) is 15.5. The minimum absolute atomic E-state index is 0.144. The number of ether oxygens (including phenoxy) is 1. The molecule has 2 heterocycles. The number of carbonyl (C=O) groups excluding carboxylic acids is 1. The van der Waals surface area contributed by atoms with Gasteiger partial charge in [0, 0.05) is 25.3 Å². The summed E-state index contributed by atoms with van der Waals surface area (Å²) in [7, 11) is 0. The lowest BCUT2D eigenvalue weighted by Gasteiger charge is -2.32. The lowest BCUT2D eigenvalue weighted by atomic mass is 10.0. The molecule has 0 spiro atoms. The summed E-state index contributed by atoms with van der Waals surface area (Å²) in [4.78, 5) is 15.8. The highest BCUT2D eigenvalue weighted by atomic mass is 32.1. The van der Waals surface area contributed by atoms with Crippen LogP contribution in [-0.2, 0) is 4.74 Å². The minimum atomic E-state index is 0.144. The van der Waals surface area contributed by atoms with E-state index >= 15 is 0 Å². The smallest absolute Gasteiger partial charge is 0.264 e. The lowest BCUT2D eigenvalue weighted by molar-refractivity contribution is 0.00860. The molecule has 3 rings (SSSR count). The number of amides is 1. The molecule has 0 bridgehead atoms. The fourth-order valence-corrected chi connectivity index (χ4v) is 4.02. The van der Waals surface area contributed by atoms with Crippen LogP contribution in [-0.4, -0.2) is 43.2 Å². The molecule has 1 aliphatic heterocycles. The molecule has 2 aromatic rings. The monoisotopic (exact) mass is 358 g/mol. The maximum absolute atomic E-state index is 13.0. The second-order valence-corrected chi connectivity index (χ2v) is 7.45. The fraction of sp³-hybridized carbons (Fsp3) is 0.450. The van der Waals surface area contributed by atoms with Crippen molar-refractivity contribution in [2.24, 2.45) is 5.73 Å². The van der Waals surface area contributed by atoms with E-state index in [1.54, 1.807) is 0 Å². The van der Waals surface area contributed by atoms with Crippen LogP contribution in [0.4, 0.5) is 0 Å². The van der Waals surface area contributed by atoms with Crippen LogP contribution in [0.2, 0.25) is 0 Å². The highest BCUT2D eigenvalue weighted by Gasteiger charge is 2.26. The molecule has 0 atom stereocenters. The Hall–Kier alpha value is -1.69. The minimum Gasteiger partial charge on any atom is -0.378 e. The Labute approximate surface area is 153 Å². The molecule has 1 saturated heterocycles. The SMILES string of the molecule is Cc1ccc(-c2ccsc2C(=O)N2CCC(OCCCN)CC2)cc1. The Morgan fingerprint density at radius 3 is 2.64 bits per heavy atom. The summed E-state index contributed by atoms with van der Waals surface area (Å²) in [5, 5.41) is 2.01. The molecule has 0 aliphatic carbocycles. The molecule has 1 aromatic carbocycles. The van der Waals surface area contributed by atoms with Gasteiger partial charge < -0.3 is 15.4 Å². The first-order valence-corrected chi connectivity index (χ1v) is 9.82. The van der Waals surface area contributed by atoms with Gasteiger partial charge in [-0.2, -0.15) is 0 Å². The molecule has 2 N–H and O–H groups in total. The number of piperidine rings is 1. The molecule has 4 nitrogen and oxygen atoms in total. The summed E-state index contributed by atoms with van der Waals surface area (Å²) in [6.45, 7) is 4.98. The molecule has 25 heavy (non-hydrogen) atoms. The van der Waals surface area contributed by atoms with E-state index < -0.39 is 0 Å². The highest BCUT2D eigenvalue weighted by Crippen LogP contribution is 2.30. The average molecular weight is 359 g/mol. The van der Waals surface area contributed by atoms with E-state index in [0.29, 0.717) is 6.54 Å². The summed E-state index contributed by atoms with van der Waals surface area (Å²) in [6, 6.07) is 10.4. The van der Waals surface area contributed by atoms with Gasteiger partial charge in [-0.15, -0.1) is 11.3 Å². The average Bonchev–Trinajstić information content (AvgIpc) is 3.12. The molecular weight excluding hydrogens is 332 g/mol. The van der Waals surface area contributed by atoms with Crippen LogP contribution in [0.25, 0.3) is 11.1 Å². The lowest BCUT2D eigenvalue weighted by Crippen LogP contribution is -2.40. The predicted octanol–water partition coefficient (Wildman–Crippen LogP) is 3.69. The number of hydrogen-bond acceptors (Lipinski definition) is 4. The summed E-state index contributed by atoms with van der Waals surface area (Å²) in [5.41, 5.74) is 8.87. The van der Waals surface area contributed by atoms with Crippen LogP contribution in [0, 0.1) is 6.92 Å². The van der Waals surface area contributed by atoms with Crippen molar-refractivity contribution >= 4 is 17.2 Å². The summed E-state index contributed by atoms with van der Waals surface area (Å²) in [6.07, 6.45) is 2.97. The van der Waals surface area contributed by atoms with Crippen molar-refractivity contribution in [2.75, 3.05) is 26.2 Å². The van der Waals surface area contributed by atoms with Gasteiger partial charge in [0.2, 0.25) is 0 Å². The number of hydrogen-bond donors (Lipinski definition) is 1. The number of thiophene rings is 1. The summed E-state index contributed by atoms with van der Waals surface area (Å²) in [5.74, 6) is 0.144. The van der Waals surface area contributed by atoms with Gasteiger partial charge in [-0.25, -0.2) is 0 Å². The Morgan fingerprint density at radius 2 is 1.96 bits per heavy atom. The van der Waals surface area contributed by atoms with Gasteiger partial charge in [-0.3, -0.25) is 4.79 Å².